The van der Waals surface area contributed by atoms with Crippen molar-refractivity contribution in [2.75, 3.05) is 19.0 Å². The Morgan fingerprint density at radius 3 is 2.71 bits per heavy atom. The van der Waals surface area contributed by atoms with E-state index in [4.69, 9.17) is 9.47 Å². The summed E-state index contributed by atoms with van der Waals surface area (Å²) in [6.07, 6.45) is 1.05. The zero-order valence-electron chi connectivity index (χ0n) is 12.7. The van der Waals surface area contributed by atoms with Crippen LogP contribution >= 0.6 is 0 Å². The van der Waals surface area contributed by atoms with Gasteiger partial charge in [-0.25, -0.2) is 9.97 Å². The number of aromatic nitrogens is 2. The van der Waals surface area contributed by atoms with Crippen LogP contribution < -0.4 is 14.8 Å². The number of hydrogen-bond donors (Lipinski definition) is 1. The average molecular weight is 287 g/mol. The third-order valence-electron chi connectivity index (χ3n) is 2.87. The predicted molar refractivity (Wildman–Crippen MR) is 82.9 cm³/mol. The maximum Gasteiger partial charge on any atom is 0.168 e. The third kappa shape index (κ3) is 4.63. The second-order valence-corrected chi connectivity index (χ2v) is 4.71. The van der Waals surface area contributed by atoms with E-state index in [0.29, 0.717) is 12.4 Å². The molecule has 5 heteroatoms. The monoisotopic (exact) mass is 287 g/mol. The maximum absolute atomic E-state index is 5.72. The van der Waals surface area contributed by atoms with Crippen molar-refractivity contribution in [3.8, 4) is 11.5 Å². The lowest BCUT2D eigenvalue weighted by atomic mass is 10.3. The molecule has 0 saturated carbocycles. The maximum atomic E-state index is 5.72. The summed E-state index contributed by atoms with van der Waals surface area (Å²) < 4.78 is 10.9. The smallest absolute Gasteiger partial charge is 0.168 e. The summed E-state index contributed by atoms with van der Waals surface area (Å²) in [6.45, 7) is 5.30. The molecule has 0 spiro atoms. The summed E-state index contributed by atoms with van der Waals surface area (Å²) >= 11 is 0. The molecule has 0 aliphatic carbocycles. The largest absolute Gasteiger partial charge is 0.497 e. The first kappa shape index (κ1) is 15.1. The molecule has 0 fully saturated rings. The quantitative estimate of drug-likeness (QED) is 0.847. The van der Waals surface area contributed by atoms with E-state index in [1.807, 2.05) is 37.3 Å². The van der Waals surface area contributed by atoms with Gasteiger partial charge in [-0.2, -0.15) is 0 Å². The molecular formula is C16H21N3O2. The van der Waals surface area contributed by atoms with Crippen molar-refractivity contribution < 1.29 is 9.47 Å². The van der Waals surface area contributed by atoms with Crippen molar-refractivity contribution in [1.29, 1.82) is 0 Å². The Kier molecular flexibility index (Phi) is 5.37. The molecule has 21 heavy (non-hydrogen) atoms. The third-order valence-corrected chi connectivity index (χ3v) is 2.87. The summed E-state index contributed by atoms with van der Waals surface area (Å²) in [5, 5.41) is 3.27. The molecule has 1 aromatic heterocycles. The lowest BCUT2D eigenvalue weighted by molar-refractivity contribution is 0.293. The Labute approximate surface area is 125 Å². The van der Waals surface area contributed by atoms with E-state index in [9.17, 15) is 0 Å². The first-order valence-electron chi connectivity index (χ1n) is 7.06. The summed E-state index contributed by atoms with van der Waals surface area (Å²) in [7, 11) is 1.63. The SMILES string of the molecule is CCCNc1cc(C)nc(COc2cccc(OC)c2)n1. The summed E-state index contributed by atoms with van der Waals surface area (Å²) in [6, 6.07) is 9.42. The highest BCUT2D eigenvalue weighted by atomic mass is 16.5. The van der Waals surface area contributed by atoms with E-state index in [1.165, 1.54) is 0 Å². The van der Waals surface area contributed by atoms with Crippen LogP contribution in [0.4, 0.5) is 5.82 Å². The minimum Gasteiger partial charge on any atom is -0.497 e. The Morgan fingerprint density at radius 1 is 1.14 bits per heavy atom. The van der Waals surface area contributed by atoms with Gasteiger partial charge in [0.15, 0.2) is 5.82 Å². The van der Waals surface area contributed by atoms with Crippen molar-refractivity contribution in [3.63, 3.8) is 0 Å². The van der Waals surface area contributed by atoms with E-state index in [2.05, 4.69) is 22.2 Å². The topological polar surface area (TPSA) is 56.3 Å². The molecule has 1 heterocycles. The molecule has 5 nitrogen and oxygen atoms in total. The molecule has 0 aliphatic rings. The van der Waals surface area contributed by atoms with Gasteiger partial charge < -0.3 is 14.8 Å². The Bertz CT molecular complexity index is 587. The molecule has 0 atom stereocenters. The van der Waals surface area contributed by atoms with Crippen LogP contribution in [-0.2, 0) is 6.61 Å². The molecule has 0 unspecified atom stereocenters. The highest BCUT2D eigenvalue weighted by Crippen LogP contribution is 2.19. The summed E-state index contributed by atoms with van der Waals surface area (Å²) in [5.74, 6) is 3.01. The number of rotatable bonds is 7. The molecule has 0 saturated heterocycles. The highest BCUT2D eigenvalue weighted by Gasteiger charge is 2.04. The van der Waals surface area contributed by atoms with E-state index >= 15 is 0 Å². The molecule has 0 radical (unpaired) electrons. The number of nitrogens with zero attached hydrogens (tertiary/aromatic N) is 2. The number of hydrogen-bond acceptors (Lipinski definition) is 5. The summed E-state index contributed by atoms with van der Waals surface area (Å²) in [4.78, 5) is 8.84. The summed E-state index contributed by atoms with van der Waals surface area (Å²) in [5.41, 5.74) is 0.924. The molecule has 0 amide bonds. The number of nitrogens with one attached hydrogen (secondary N) is 1. The van der Waals surface area contributed by atoms with Crippen LogP contribution in [0.15, 0.2) is 30.3 Å². The van der Waals surface area contributed by atoms with E-state index in [0.717, 1.165) is 36.0 Å². The Hall–Kier alpha value is -2.30. The molecule has 1 N–H and O–H groups in total. The van der Waals surface area contributed by atoms with Gasteiger partial charge in [0.2, 0.25) is 0 Å². The van der Waals surface area contributed by atoms with Gasteiger partial charge in [0.25, 0.3) is 0 Å². The van der Waals surface area contributed by atoms with Gasteiger partial charge in [0, 0.05) is 24.4 Å². The van der Waals surface area contributed by atoms with E-state index in [-0.39, 0.29) is 0 Å². The van der Waals surface area contributed by atoms with Crippen molar-refractivity contribution in [2.45, 2.75) is 26.9 Å². The molecule has 112 valence electrons. The van der Waals surface area contributed by atoms with Crippen molar-refractivity contribution in [1.82, 2.24) is 9.97 Å². The van der Waals surface area contributed by atoms with Crippen molar-refractivity contribution >= 4 is 5.82 Å². The number of ether oxygens (including phenoxy) is 2. The fourth-order valence-corrected chi connectivity index (χ4v) is 1.88. The van der Waals surface area contributed by atoms with Gasteiger partial charge in [0.05, 0.1) is 7.11 Å². The minimum absolute atomic E-state index is 0.329. The lowest BCUT2D eigenvalue weighted by Gasteiger charge is -2.09. The first-order chi connectivity index (χ1) is 10.2. The minimum atomic E-state index is 0.329. The zero-order chi connectivity index (χ0) is 15.1. The number of aryl methyl sites for hydroxylation is 1. The first-order valence-corrected chi connectivity index (χ1v) is 7.06. The lowest BCUT2D eigenvalue weighted by Crippen LogP contribution is -2.08. The average Bonchev–Trinajstić information content (AvgIpc) is 2.50. The molecule has 0 aliphatic heterocycles. The van der Waals surface area contributed by atoms with Crippen LogP contribution in [0.5, 0.6) is 11.5 Å². The second-order valence-electron chi connectivity index (χ2n) is 4.71. The Morgan fingerprint density at radius 2 is 1.95 bits per heavy atom. The highest BCUT2D eigenvalue weighted by molar-refractivity contribution is 5.36. The number of benzene rings is 1. The normalized spacial score (nSPS) is 10.2. The zero-order valence-corrected chi connectivity index (χ0v) is 12.7. The molecule has 0 bridgehead atoms. The van der Waals surface area contributed by atoms with Gasteiger partial charge in [-0.15, -0.1) is 0 Å². The van der Waals surface area contributed by atoms with Crippen LogP contribution in [0.2, 0.25) is 0 Å². The van der Waals surface area contributed by atoms with E-state index < -0.39 is 0 Å². The van der Waals surface area contributed by atoms with Gasteiger partial charge in [-0.05, 0) is 25.5 Å². The fourth-order valence-electron chi connectivity index (χ4n) is 1.88. The van der Waals surface area contributed by atoms with Gasteiger partial charge in [0.1, 0.15) is 23.9 Å². The van der Waals surface area contributed by atoms with Crippen molar-refractivity contribution in [3.05, 3.63) is 41.9 Å². The molecule has 2 rings (SSSR count). The van der Waals surface area contributed by atoms with Crippen LogP contribution in [-0.4, -0.2) is 23.6 Å². The number of anilines is 1. The molecule has 2 aromatic rings. The van der Waals surface area contributed by atoms with Gasteiger partial charge in [-0.1, -0.05) is 13.0 Å². The second kappa shape index (κ2) is 7.47. The van der Waals surface area contributed by atoms with Crippen LogP contribution in [0.25, 0.3) is 0 Å². The fraction of sp³-hybridized carbons (Fsp3) is 0.375. The van der Waals surface area contributed by atoms with Crippen molar-refractivity contribution in [2.24, 2.45) is 0 Å². The van der Waals surface area contributed by atoms with Crippen LogP contribution in [0.3, 0.4) is 0 Å². The van der Waals surface area contributed by atoms with Gasteiger partial charge >= 0.3 is 0 Å². The van der Waals surface area contributed by atoms with Crippen LogP contribution in [0.1, 0.15) is 24.9 Å². The van der Waals surface area contributed by atoms with Crippen LogP contribution in [0, 0.1) is 6.92 Å². The van der Waals surface area contributed by atoms with Gasteiger partial charge in [-0.3, -0.25) is 0 Å². The predicted octanol–water partition coefficient (Wildman–Crippen LogP) is 3.19. The number of methoxy groups -OCH3 is 1. The molecular weight excluding hydrogens is 266 g/mol. The standard InChI is InChI=1S/C16H21N3O2/c1-4-8-17-15-9-12(2)18-16(19-15)11-21-14-7-5-6-13(10-14)20-3/h5-7,9-10H,4,8,11H2,1-3H3,(H,17,18,19). The van der Waals surface area contributed by atoms with E-state index in [1.54, 1.807) is 7.11 Å². The molecule has 1 aromatic carbocycles. The Balaban J connectivity index is 2.03.